The second-order valence-corrected chi connectivity index (χ2v) is 6.12. The number of hydrogen-bond donors (Lipinski definition) is 1. The topological polar surface area (TPSA) is 42.2 Å². The van der Waals surface area contributed by atoms with Gasteiger partial charge in [0.05, 0.1) is 17.3 Å². The molecule has 0 amide bonds. The Morgan fingerprint density at radius 3 is 2.93 bits per heavy atom. The first-order chi connectivity index (χ1) is 7.11. The molecule has 1 aromatic heterocycles. The number of nitrogens with one attached hydrogen (secondary N) is 1. The van der Waals surface area contributed by atoms with E-state index in [0.29, 0.717) is 6.54 Å². The highest BCUT2D eigenvalue weighted by atomic mass is 79.9. The highest BCUT2D eigenvalue weighted by Gasteiger charge is 2.06. The van der Waals surface area contributed by atoms with Crippen molar-refractivity contribution in [3.8, 4) is 0 Å². The smallest absolute Gasteiger partial charge is 0.131 e. The van der Waals surface area contributed by atoms with Crippen LogP contribution in [-0.2, 0) is 17.3 Å². The average Bonchev–Trinajstić information content (AvgIpc) is 2.58. The van der Waals surface area contributed by atoms with Crippen molar-refractivity contribution >= 4 is 26.7 Å². The van der Waals surface area contributed by atoms with Crippen LogP contribution in [0.25, 0.3) is 0 Å². The van der Waals surface area contributed by atoms with Crippen molar-refractivity contribution in [2.24, 2.45) is 0 Å². The van der Waals surface area contributed by atoms with Gasteiger partial charge in [0, 0.05) is 22.3 Å². The van der Waals surface area contributed by atoms with Crippen LogP contribution >= 0.6 is 15.9 Å². The van der Waals surface area contributed by atoms with Gasteiger partial charge in [0.2, 0.25) is 0 Å². The zero-order chi connectivity index (χ0) is 11.3. The Bertz CT molecular complexity index is 327. The minimum absolute atomic E-state index is 0.248. The molecular weight excluding hydrogens is 278 g/mol. The SMILES string of the molecule is CC(CCNCc1occc1Br)S(C)=O. The van der Waals surface area contributed by atoms with Crippen molar-refractivity contribution in [3.63, 3.8) is 0 Å². The first-order valence-electron chi connectivity index (χ1n) is 4.86. The van der Waals surface area contributed by atoms with Crippen LogP contribution in [0.15, 0.2) is 21.2 Å². The van der Waals surface area contributed by atoms with E-state index in [4.69, 9.17) is 4.42 Å². The minimum atomic E-state index is -0.728. The number of hydrogen-bond acceptors (Lipinski definition) is 3. The Labute approximate surface area is 101 Å². The predicted molar refractivity (Wildman–Crippen MR) is 66.3 cm³/mol. The largest absolute Gasteiger partial charge is 0.467 e. The van der Waals surface area contributed by atoms with Crippen LogP contribution in [0.2, 0.25) is 0 Å². The predicted octanol–water partition coefficient (Wildman–Crippen LogP) is 2.29. The van der Waals surface area contributed by atoms with Crippen LogP contribution in [-0.4, -0.2) is 22.3 Å². The molecule has 0 bridgehead atoms. The molecular formula is C10H16BrNO2S. The Kier molecular flexibility index (Phi) is 5.56. The number of halogens is 1. The molecule has 1 heterocycles. The van der Waals surface area contributed by atoms with Gasteiger partial charge in [-0.15, -0.1) is 0 Å². The molecule has 3 nitrogen and oxygen atoms in total. The van der Waals surface area contributed by atoms with E-state index >= 15 is 0 Å². The van der Waals surface area contributed by atoms with Gasteiger partial charge in [0.25, 0.3) is 0 Å². The Hall–Kier alpha value is -0.130. The van der Waals surface area contributed by atoms with Crippen LogP contribution in [0.1, 0.15) is 19.1 Å². The van der Waals surface area contributed by atoms with Crippen molar-refractivity contribution in [1.82, 2.24) is 5.32 Å². The van der Waals surface area contributed by atoms with E-state index in [1.54, 1.807) is 12.5 Å². The molecule has 0 fully saturated rings. The average molecular weight is 294 g/mol. The lowest BCUT2D eigenvalue weighted by Crippen LogP contribution is -2.20. The van der Waals surface area contributed by atoms with Gasteiger partial charge in [-0.3, -0.25) is 4.21 Å². The standard InChI is InChI=1S/C10H16BrNO2S/c1-8(15(2)13)3-5-12-7-10-9(11)4-6-14-10/h4,6,8,12H,3,5,7H2,1-2H3. The van der Waals surface area contributed by atoms with Crippen LogP contribution < -0.4 is 5.32 Å². The second-order valence-electron chi connectivity index (χ2n) is 3.47. The van der Waals surface area contributed by atoms with E-state index in [9.17, 15) is 4.21 Å². The lowest BCUT2D eigenvalue weighted by molar-refractivity contribution is 0.478. The molecule has 15 heavy (non-hydrogen) atoms. The second kappa shape index (κ2) is 6.45. The van der Waals surface area contributed by atoms with Crippen molar-refractivity contribution < 1.29 is 8.63 Å². The molecule has 0 aliphatic carbocycles. The van der Waals surface area contributed by atoms with Gasteiger partial charge in [-0.1, -0.05) is 6.92 Å². The van der Waals surface area contributed by atoms with E-state index in [1.165, 1.54) is 0 Å². The van der Waals surface area contributed by atoms with Gasteiger partial charge in [0.1, 0.15) is 5.76 Å². The molecule has 0 radical (unpaired) electrons. The maximum atomic E-state index is 11.1. The molecule has 2 atom stereocenters. The summed E-state index contributed by atoms with van der Waals surface area (Å²) in [4.78, 5) is 0. The van der Waals surface area contributed by atoms with E-state index in [0.717, 1.165) is 23.2 Å². The van der Waals surface area contributed by atoms with Crippen molar-refractivity contribution in [2.45, 2.75) is 25.1 Å². The number of rotatable bonds is 6. The lowest BCUT2D eigenvalue weighted by Gasteiger charge is -2.08. The van der Waals surface area contributed by atoms with Crippen molar-refractivity contribution in [2.75, 3.05) is 12.8 Å². The molecule has 0 aromatic carbocycles. The third kappa shape index (κ3) is 4.49. The van der Waals surface area contributed by atoms with E-state index in [2.05, 4.69) is 21.2 Å². The van der Waals surface area contributed by atoms with Crippen LogP contribution in [0.5, 0.6) is 0 Å². The Morgan fingerprint density at radius 1 is 1.67 bits per heavy atom. The summed E-state index contributed by atoms with van der Waals surface area (Å²) in [6, 6.07) is 1.88. The molecule has 0 saturated heterocycles. The van der Waals surface area contributed by atoms with Gasteiger partial charge >= 0.3 is 0 Å². The Morgan fingerprint density at radius 2 is 2.40 bits per heavy atom. The molecule has 1 N–H and O–H groups in total. The molecule has 1 rings (SSSR count). The molecule has 1 aromatic rings. The summed E-state index contributed by atoms with van der Waals surface area (Å²) in [6.07, 6.45) is 4.32. The molecule has 86 valence electrons. The number of furan rings is 1. The molecule has 5 heteroatoms. The third-order valence-corrected chi connectivity index (χ3v) is 4.35. The zero-order valence-electron chi connectivity index (χ0n) is 8.96. The van der Waals surface area contributed by atoms with Gasteiger partial charge < -0.3 is 9.73 Å². The van der Waals surface area contributed by atoms with Gasteiger partial charge in [-0.05, 0) is 35.0 Å². The summed E-state index contributed by atoms with van der Waals surface area (Å²) < 4.78 is 17.3. The summed E-state index contributed by atoms with van der Waals surface area (Å²) in [7, 11) is -0.728. The zero-order valence-corrected chi connectivity index (χ0v) is 11.4. The van der Waals surface area contributed by atoms with E-state index in [1.807, 2.05) is 13.0 Å². The highest BCUT2D eigenvalue weighted by molar-refractivity contribution is 9.10. The fraction of sp³-hybridized carbons (Fsp3) is 0.600. The fourth-order valence-electron chi connectivity index (χ4n) is 1.12. The van der Waals surface area contributed by atoms with Gasteiger partial charge in [-0.2, -0.15) is 0 Å². The van der Waals surface area contributed by atoms with Gasteiger partial charge in [-0.25, -0.2) is 0 Å². The highest BCUT2D eigenvalue weighted by Crippen LogP contribution is 2.16. The summed E-state index contributed by atoms with van der Waals surface area (Å²) in [5.41, 5.74) is 0. The third-order valence-electron chi connectivity index (χ3n) is 2.27. The molecule has 2 unspecified atom stereocenters. The summed E-state index contributed by atoms with van der Waals surface area (Å²) >= 11 is 3.39. The molecule has 0 aliphatic heterocycles. The molecule has 0 saturated carbocycles. The normalized spacial score (nSPS) is 15.1. The summed E-state index contributed by atoms with van der Waals surface area (Å²) in [6.45, 7) is 3.56. The fourth-order valence-corrected chi connectivity index (χ4v) is 1.92. The van der Waals surface area contributed by atoms with Gasteiger partial charge in [0.15, 0.2) is 0 Å². The van der Waals surface area contributed by atoms with Crippen molar-refractivity contribution in [1.29, 1.82) is 0 Å². The molecule has 0 aliphatic rings. The monoisotopic (exact) mass is 293 g/mol. The van der Waals surface area contributed by atoms with Crippen LogP contribution in [0, 0.1) is 0 Å². The first-order valence-corrected chi connectivity index (χ1v) is 7.27. The molecule has 0 spiro atoms. The van der Waals surface area contributed by atoms with E-state index < -0.39 is 10.8 Å². The quantitative estimate of drug-likeness (QED) is 0.819. The van der Waals surface area contributed by atoms with E-state index in [-0.39, 0.29) is 5.25 Å². The maximum absolute atomic E-state index is 11.1. The first kappa shape index (κ1) is 12.9. The lowest BCUT2D eigenvalue weighted by atomic mass is 10.3. The van der Waals surface area contributed by atoms with Crippen LogP contribution in [0.3, 0.4) is 0 Å². The maximum Gasteiger partial charge on any atom is 0.131 e. The van der Waals surface area contributed by atoms with Crippen LogP contribution in [0.4, 0.5) is 0 Å². The van der Waals surface area contributed by atoms with Crippen molar-refractivity contribution in [3.05, 3.63) is 22.6 Å². The summed E-state index contributed by atoms with van der Waals surface area (Å²) in [5, 5.41) is 3.50. The minimum Gasteiger partial charge on any atom is -0.467 e. The Balaban J connectivity index is 2.17. The summed E-state index contributed by atoms with van der Waals surface area (Å²) in [5.74, 6) is 0.903.